The molecule has 1 N–H and O–H groups in total. The summed E-state index contributed by atoms with van der Waals surface area (Å²) in [5, 5.41) is 17.4. The second-order valence-corrected chi connectivity index (χ2v) is 3.21. The van der Waals surface area contributed by atoms with Crippen molar-refractivity contribution in [3.63, 3.8) is 0 Å². The van der Waals surface area contributed by atoms with Crippen LogP contribution >= 0.6 is 15.9 Å². The lowest BCUT2D eigenvalue weighted by Crippen LogP contribution is -2.01. The van der Waals surface area contributed by atoms with Crippen LogP contribution in [0.1, 0.15) is 23.2 Å². The van der Waals surface area contributed by atoms with Gasteiger partial charge in [-0.05, 0) is 15.9 Å². The van der Waals surface area contributed by atoms with Gasteiger partial charge in [0.15, 0.2) is 0 Å². The quantitative estimate of drug-likeness (QED) is 0.889. The number of nitriles is 1. The highest BCUT2D eigenvalue weighted by Gasteiger charge is 2.18. The van der Waals surface area contributed by atoms with Crippen LogP contribution < -0.4 is 0 Å². The minimum atomic E-state index is -2.76. The van der Waals surface area contributed by atoms with E-state index in [2.05, 4.69) is 20.9 Å². The Labute approximate surface area is 87.1 Å². The van der Waals surface area contributed by atoms with Gasteiger partial charge in [-0.25, -0.2) is 8.78 Å². The van der Waals surface area contributed by atoms with Crippen molar-refractivity contribution in [1.29, 1.82) is 5.26 Å². The zero-order valence-electron chi connectivity index (χ0n) is 6.84. The van der Waals surface area contributed by atoms with Crippen molar-refractivity contribution >= 4 is 15.9 Å². The Balaban J connectivity index is 3.38. The van der Waals surface area contributed by atoms with Gasteiger partial charge in [0, 0.05) is 16.2 Å². The molecule has 0 unspecified atom stereocenters. The number of pyridine rings is 1. The first-order valence-electron chi connectivity index (χ1n) is 3.58. The Morgan fingerprint density at radius 3 is 2.71 bits per heavy atom. The molecule has 0 amide bonds. The minimum absolute atomic E-state index is 0.0425. The van der Waals surface area contributed by atoms with Crippen LogP contribution in [0.2, 0.25) is 0 Å². The Kier molecular flexibility index (Phi) is 3.49. The topological polar surface area (TPSA) is 56.9 Å². The monoisotopic (exact) mass is 262 g/mol. The molecule has 0 atom stereocenters. The van der Waals surface area contributed by atoms with Crippen LogP contribution in [0.15, 0.2) is 10.7 Å². The lowest BCUT2D eigenvalue weighted by atomic mass is 10.1. The van der Waals surface area contributed by atoms with E-state index in [0.717, 1.165) is 6.20 Å². The van der Waals surface area contributed by atoms with Crippen molar-refractivity contribution < 1.29 is 13.9 Å². The van der Waals surface area contributed by atoms with E-state index in [4.69, 9.17) is 10.4 Å². The Morgan fingerprint density at radius 1 is 1.64 bits per heavy atom. The molecular formula is C8H5BrF2N2O. The van der Waals surface area contributed by atoms with E-state index < -0.39 is 18.7 Å². The van der Waals surface area contributed by atoms with Crippen molar-refractivity contribution in [2.24, 2.45) is 0 Å². The van der Waals surface area contributed by atoms with Crippen LogP contribution in [0, 0.1) is 11.3 Å². The fourth-order valence-corrected chi connectivity index (χ4v) is 1.48. The summed E-state index contributed by atoms with van der Waals surface area (Å²) in [6.45, 7) is -0.581. The van der Waals surface area contributed by atoms with E-state index in [1.165, 1.54) is 0 Å². The first kappa shape index (κ1) is 11.0. The van der Waals surface area contributed by atoms with Gasteiger partial charge in [-0.3, -0.25) is 4.98 Å². The van der Waals surface area contributed by atoms with Crippen molar-refractivity contribution in [3.05, 3.63) is 27.5 Å². The summed E-state index contributed by atoms with van der Waals surface area (Å²) < 4.78 is 24.9. The van der Waals surface area contributed by atoms with Gasteiger partial charge in [-0.1, -0.05) is 0 Å². The molecule has 6 heteroatoms. The second kappa shape index (κ2) is 4.44. The number of nitrogens with zero attached hydrogens (tertiary/aromatic N) is 2. The molecule has 0 aromatic carbocycles. The third-order valence-corrected chi connectivity index (χ3v) is 2.53. The third kappa shape index (κ3) is 1.89. The standard InChI is InChI=1S/C8H5BrF2N2O/c9-6-4(1-12)2-13-7(8(10)11)5(6)3-14/h2,8,14H,3H2. The number of alkyl halides is 2. The molecule has 3 nitrogen and oxygen atoms in total. The third-order valence-electron chi connectivity index (χ3n) is 1.63. The molecule has 0 saturated heterocycles. The Hall–Kier alpha value is -1.06. The summed E-state index contributed by atoms with van der Waals surface area (Å²) in [6, 6.07) is 1.77. The van der Waals surface area contributed by atoms with Gasteiger partial charge in [0.2, 0.25) is 0 Å². The van der Waals surface area contributed by atoms with E-state index >= 15 is 0 Å². The van der Waals surface area contributed by atoms with Crippen molar-refractivity contribution in [3.8, 4) is 6.07 Å². The molecule has 74 valence electrons. The van der Waals surface area contributed by atoms with E-state index in [0.29, 0.717) is 0 Å². The lowest BCUT2D eigenvalue weighted by molar-refractivity contribution is 0.141. The summed E-state index contributed by atoms with van der Waals surface area (Å²) in [6.07, 6.45) is -1.72. The SMILES string of the molecule is N#Cc1cnc(C(F)F)c(CO)c1Br. The molecule has 0 saturated carbocycles. The molecule has 0 radical (unpaired) electrons. The molecule has 14 heavy (non-hydrogen) atoms. The number of rotatable bonds is 2. The zero-order valence-corrected chi connectivity index (χ0v) is 8.42. The number of aromatic nitrogens is 1. The zero-order chi connectivity index (χ0) is 10.7. The molecule has 1 aromatic heterocycles. The first-order valence-corrected chi connectivity index (χ1v) is 4.37. The van der Waals surface area contributed by atoms with Crippen LogP contribution in [-0.2, 0) is 6.61 Å². The molecule has 1 aromatic rings. The van der Waals surface area contributed by atoms with Crippen molar-refractivity contribution in [2.75, 3.05) is 0 Å². The number of hydrogen-bond donors (Lipinski definition) is 1. The van der Waals surface area contributed by atoms with Crippen LogP contribution in [0.3, 0.4) is 0 Å². The summed E-state index contributed by atoms with van der Waals surface area (Å²) >= 11 is 2.96. The van der Waals surface area contributed by atoms with Gasteiger partial charge in [0.05, 0.1) is 12.2 Å². The highest BCUT2D eigenvalue weighted by molar-refractivity contribution is 9.10. The van der Waals surface area contributed by atoms with Crippen LogP contribution in [-0.4, -0.2) is 10.1 Å². The van der Waals surface area contributed by atoms with Crippen LogP contribution in [0.4, 0.5) is 8.78 Å². The van der Waals surface area contributed by atoms with Crippen LogP contribution in [0.5, 0.6) is 0 Å². The van der Waals surface area contributed by atoms with Gasteiger partial charge in [-0.15, -0.1) is 0 Å². The summed E-state index contributed by atoms with van der Waals surface area (Å²) in [4.78, 5) is 3.42. The first-order chi connectivity index (χ1) is 6.61. The van der Waals surface area contributed by atoms with Gasteiger partial charge in [0.1, 0.15) is 11.8 Å². The number of halogens is 3. The lowest BCUT2D eigenvalue weighted by Gasteiger charge is -2.08. The smallest absolute Gasteiger partial charge is 0.280 e. The fraction of sp³-hybridized carbons (Fsp3) is 0.250. The summed E-state index contributed by atoms with van der Waals surface area (Å²) in [5.74, 6) is 0. The normalized spacial score (nSPS) is 10.3. The second-order valence-electron chi connectivity index (χ2n) is 2.42. The van der Waals surface area contributed by atoms with Crippen molar-refractivity contribution in [1.82, 2.24) is 4.98 Å². The molecular weight excluding hydrogens is 258 g/mol. The largest absolute Gasteiger partial charge is 0.392 e. The predicted molar refractivity (Wildman–Crippen MR) is 47.5 cm³/mol. The molecule has 0 fully saturated rings. The van der Waals surface area contributed by atoms with Crippen molar-refractivity contribution in [2.45, 2.75) is 13.0 Å². The molecule has 0 aliphatic heterocycles. The average molecular weight is 263 g/mol. The van der Waals surface area contributed by atoms with E-state index in [9.17, 15) is 8.78 Å². The van der Waals surface area contributed by atoms with Crippen LogP contribution in [0.25, 0.3) is 0 Å². The Bertz CT molecular complexity index is 390. The molecule has 1 heterocycles. The molecule has 0 aliphatic rings. The highest BCUT2D eigenvalue weighted by atomic mass is 79.9. The predicted octanol–water partition coefficient (Wildman–Crippen LogP) is 2.15. The van der Waals surface area contributed by atoms with Gasteiger partial charge in [-0.2, -0.15) is 5.26 Å². The highest BCUT2D eigenvalue weighted by Crippen LogP contribution is 2.28. The summed E-state index contributed by atoms with van der Waals surface area (Å²) in [7, 11) is 0. The van der Waals surface area contributed by atoms with E-state index in [1.54, 1.807) is 6.07 Å². The molecule has 0 bridgehead atoms. The average Bonchev–Trinajstić information content (AvgIpc) is 2.17. The van der Waals surface area contributed by atoms with Gasteiger partial charge >= 0.3 is 0 Å². The maximum absolute atomic E-state index is 12.4. The van der Waals surface area contributed by atoms with Gasteiger partial charge in [0.25, 0.3) is 6.43 Å². The summed E-state index contributed by atoms with van der Waals surface area (Å²) in [5.41, 5.74) is -0.420. The molecule has 1 rings (SSSR count). The number of aliphatic hydroxyl groups is 1. The maximum Gasteiger partial charge on any atom is 0.280 e. The molecule has 0 aliphatic carbocycles. The number of aliphatic hydroxyl groups excluding tert-OH is 1. The number of hydrogen-bond acceptors (Lipinski definition) is 3. The fourth-order valence-electron chi connectivity index (χ4n) is 0.960. The van der Waals surface area contributed by atoms with Gasteiger partial charge < -0.3 is 5.11 Å². The maximum atomic E-state index is 12.4. The van der Waals surface area contributed by atoms with E-state index in [1.807, 2.05) is 0 Å². The molecule has 0 spiro atoms. The Morgan fingerprint density at radius 2 is 2.29 bits per heavy atom. The van der Waals surface area contributed by atoms with E-state index in [-0.39, 0.29) is 15.6 Å². The minimum Gasteiger partial charge on any atom is -0.392 e.